The smallest absolute Gasteiger partial charge is 0.270 e. The maximum Gasteiger partial charge on any atom is 0.270 e. The first-order valence-corrected chi connectivity index (χ1v) is 8.43. The highest BCUT2D eigenvalue weighted by molar-refractivity contribution is 7.07. The molecule has 128 valence electrons. The van der Waals surface area contributed by atoms with Gasteiger partial charge in [0.25, 0.3) is 5.69 Å². The van der Waals surface area contributed by atoms with Crippen molar-refractivity contribution in [2.45, 2.75) is 20.4 Å². The van der Waals surface area contributed by atoms with Gasteiger partial charge in [-0.15, -0.1) is 16.4 Å². The van der Waals surface area contributed by atoms with Gasteiger partial charge in [-0.3, -0.25) is 10.1 Å². The molecule has 3 aromatic rings. The van der Waals surface area contributed by atoms with Crippen LogP contribution in [0.5, 0.6) is 0 Å². The molecule has 0 N–H and O–H groups in total. The van der Waals surface area contributed by atoms with Crippen molar-refractivity contribution < 1.29 is 9.34 Å². The molecular weight excluding hydrogens is 340 g/mol. The standard InChI is InChI=1S/C17H16N4O3S/c1-12-11-25-17(20(12)10-16-7-4-8-24-16)19-18-13(2)14-5-3-6-15(9-14)21(22)23/h3-9,11H,10H2,1-2H3/b18-13-,19-17+. The van der Waals surface area contributed by atoms with Gasteiger partial charge < -0.3 is 8.98 Å². The molecule has 0 radical (unpaired) electrons. The summed E-state index contributed by atoms with van der Waals surface area (Å²) in [6, 6.07) is 10.1. The predicted molar refractivity (Wildman–Crippen MR) is 95.7 cm³/mol. The van der Waals surface area contributed by atoms with Crippen LogP contribution in [0.2, 0.25) is 0 Å². The van der Waals surface area contributed by atoms with Crippen molar-refractivity contribution in [1.82, 2.24) is 4.57 Å². The monoisotopic (exact) mass is 356 g/mol. The van der Waals surface area contributed by atoms with Gasteiger partial charge in [0.05, 0.1) is 23.4 Å². The molecule has 25 heavy (non-hydrogen) atoms. The van der Waals surface area contributed by atoms with Crippen LogP contribution in [-0.4, -0.2) is 15.2 Å². The maximum atomic E-state index is 10.9. The van der Waals surface area contributed by atoms with E-state index in [-0.39, 0.29) is 5.69 Å². The lowest BCUT2D eigenvalue weighted by molar-refractivity contribution is -0.384. The second kappa shape index (κ2) is 7.27. The second-order valence-corrected chi connectivity index (χ2v) is 6.25. The molecule has 8 heteroatoms. The van der Waals surface area contributed by atoms with Gasteiger partial charge in [0.2, 0.25) is 4.80 Å². The van der Waals surface area contributed by atoms with Gasteiger partial charge >= 0.3 is 0 Å². The lowest BCUT2D eigenvalue weighted by atomic mass is 10.1. The van der Waals surface area contributed by atoms with Crippen LogP contribution in [0.25, 0.3) is 0 Å². The van der Waals surface area contributed by atoms with Gasteiger partial charge in [0.1, 0.15) is 5.76 Å². The molecule has 7 nitrogen and oxygen atoms in total. The Hall–Kier alpha value is -3.00. The lowest BCUT2D eigenvalue weighted by Gasteiger charge is -2.02. The minimum atomic E-state index is -0.423. The highest BCUT2D eigenvalue weighted by atomic mass is 32.1. The van der Waals surface area contributed by atoms with Gasteiger partial charge in [-0.25, -0.2) is 0 Å². The van der Waals surface area contributed by atoms with Crippen LogP contribution < -0.4 is 4.80 Å². The number of rotatable bonds is 5. The fourth-order valence-electron chi connectivity index (χ4n) is 2.26. The van der Waals surface area contributed by atoms with Crippen molar-refractivity contribution in [3.63, 3.8) is 0 Å². The Balaban J connectivity index is 1.92. The molecule has 1 aromatic carbocycles. The van der Waals surface area contributed by atoms with E-state index in [0.717, 1.165) is 16.3 Å². The average Bonchev–Trinajstić information content (AvgIpc) is 3.24. The summed E-state index contributed by atoms with van der Waals surface area (Å²) in [5.41, 5.74) is 2.37. The molecule has 3 rings (SSSR count). The molecule has 0 spiro atoms. The molecule has 0 bridgehead atoms. The van der Waals surface area contributed by atoms with Crippen LogP contribution in [0.1, 0.15) is 23.9 Å². The molecule has 2 heterocycles. The number of non-ortho nitro benzene ring substituents is 1. The van der Waals surface area contributed by atoms with Crippen molar-refractivity contribution in [2.75, 3.05) is 0 Å². The molecule has 0 unspecified atom stereocenters. The molecule has 2 aromatic heterocycles. The summed E-state index contributed by atoms with van der Waals surface area (Å²) in [6.45, 7) is 4.35. The number of thiazole rings is 1. The van der Waals surface area contributed by atoms with Crippen LogP contribution >= 0.6 is 11.3 Å². The van der Waals surface area contributed by atoms with E-state index < -0.39 is 4.92 Å². The summed E-state index contributed by atoms with van der Waals surface area (Å²) in [6.07, 6.45) is 1.64. The number of aromatic nitrogens is 1. The van der Waals surface area contributed by atoms with E-state index in [4.69, 9.17) is 4.42 Å². The number of nitro benzene ring substituents is 1. The van der Waals surface area contributed by atoms with E-state index in [2.05, 4.69) is 10.2 Å². The fourth-order valence-corrected chi connectivity index (χ4v) is 3.09. The van der Waals surface area contributed by atoms with Gasteiger partial charge in [-0.2, -0.15) is 5.10 Å². The van der Waals surface area contributed by atoms with Crippen molar-refractivity contribution in [3.05, 3.63) is 80.0 Å². The number of nitro groups is 1. The SMILES string of the molecule is C/C(=N/N=c1/scc(C)n1Cc1ccco1)c1cccc([N+](=O)[O-])c1. The van der Waals surface area contributed by atoms with E-state index in [1.54, 1.807) is 25.3 Å². The van der Waals surface area contributed by atoms with E-state index in [0.29, 0.717) is 17.8 Å². The van der Waals surface area contributed by atoms with Crippen molar-refractivity contribution in [1.29, 1.82) is 0 Å². The summed E-state index contributed by atoms with van der Waals surface area (Å²) < 4.78 is 7.40. The highest BCUT2D eigenvalue weighted by Crippen LogP contribution is 2.14. The largest absolute Gasteiger partial charge is 0.467 e. The van der Waals surface area contributed by atoms with E-state index in [9.17, 15) is 10.1 Å². The van der Waals surface area contributed by atoms with Gasteiger partial charge in [0, 0.05) is 28.8 Å². The lowest BCUT2D eigenvalue weighted by Crippen LogP contribution is -2.16. The minimum Gasteiger partial charge on any atom is -0.467 e. The van der Waals surface area contributed by atoms with E-state index in [1.807, 2.05) is 29.0 Å². The molecule has 0 aliphatic rings. The third-order valence-electron chi connectivity index (χ3n) is 3.65. The van der Waals surface area contributed by atoms with Gasteiger partial charge in [-0.05, 0) is 26.0 Å². The van der Waals surface area contributed by atoms with Gasteiger partial charge in [-0.1, -0.05) is 12.1 Å². The van der Waals surface area contributed by atoms with Crippen LogP contribution in [0, 0.1) is 17.0 Å². The van der Waals surface area contributed by atoms with Crippen molar-refractivity contribution in [2.24, 2.45) is 10.2 Å². The number of benzene rings is 1. The first kappa shape index (κ1) is 16.8. The zero-order valence-electron chi connectivity index (χ0n) is 13.7. The molecule has 0 aliphatic heterocycles. The number of hydrogen-bond donors (Lipinski definition) is 0. The quantitative estimate of drug-likeness (QED) is 0.396. The number of hydrogen-bond acceptors (Lipinski definition) is 6. The van der Waals surface area contributed by atoms with Crippen LogP contribution in [0.15, 0.2) is 62.7 Å². The van der Waals surface area contributed by atoms with E-state index >= 15 is 0 Å². The summed E-state index contributed by atoms with van der Waals surface area (Å²) >= 11 is 1.48. The summed E-state index contributed by atoms with van der Waals surface area (Å²) in [5.74, 6) is 0.835. The minimum absolute atomic E-state index is 0.0342. The first-order valence-electron chi connectivity index (χ1n) is 7.55. The molecule has 0 atom stereocenters. The van der Waals surface area contributed by atoms with Gasteiger partial charge in [0.15, 0.2) is 0 Å². The van der Waals surface area contributed by atoms with E-state index in [1.165, 1.54) is 23.5 Å². The predicted octanol–water partition coefficient (Wildman–Crippen LogP) is 3.73. The highest BCUT2D eigenvalue weighted by Gasteiger charge is 2.08. The average molecular weight is 356 g/mol. The molecular formula is C17H16N4O3S. The summed E-state index contributed by atoms with van der Waals surface area (Å²) in [7, 11) is 0. The summed E-state index contributed by atoms with van der Waals surface area (Å²) in [5, 5.41) is 21.4. The third-order valence-corrected chi connectivity index (χ3v) is 4.62. The molecule has 0 aliphatic carbocycles. The number of aryl methyl sites for hydroxylation is 1. The number of furan rings is 1. The Morgan fingerprint density at radius 2 is 2.20 bits per heavy atom. The Kier molecular flexibility index (Phi) is 4.90. The van der Waals surface area contributed by atoms with Crippen molar-refractivity contribution >= 4 is 22.7 Å². The van der Waals surface area contributed by atoms with Crippen molar-refractivity contribution in [3.8, 4) is 0 Å². The third kappa shape index (κ3) is 3.92. The van der Waals surface area contributed by atoms with Crippen LogP contribution in [0.3, 0.4) is 0 Å². The Morgan fingerprint density at radius 1 is 1.36 bits per heavy atom. The maximum absolute atomic E-state index is 10.9. The first-order chi connectivity index (χ1) is 12.0. The zero-order chi connectivity index (χ0) is 17.8. The molecule has 0 saturated heterocycles. The zero-order valence-corrected chi connectivity index (χ0v) is 14.6. The van der Waals surface area contributed by atoms with Crippen LogP contribution in [0.4, 0.5) is 5.69 Å². The van der Waals surface area contributed by atoms with Crippen LogP contribution in [-0.2, 0) is 6.54 Å². The Morgan fingerprint density at radius 3 is 2.92 bits per heavy atom. The summed E-state index contributed by atoms with van der Waals surface area (Å²) in [4.78, 5) is 11.2. The Labute approximate surface area is 147 Å². The normalized spacial score (nSPS) is 12.6. The number of nitrogens with zero attached hydrogens (tertiary/aromatic N) is 4. The Bertz CT molecular complexity index is 983. The topological polar surface area (TPSA) is 85.9 Å². The molecule has 0 amide bonds. The second-order valence-electron chi connectivity index (χ2n) is 5.42. The molecule has 0 saturated carbocycles. The molecule has 0 fully saturated rings. The fraction of sp³-hybridized carbons (Fsp3) is 0.176.